The number of amides is 2. The second kappa shape index (κ2) is 9.25. The number of methoxy groups -OCH3 is 1. The van der Waals surface area contributed by atoms with Gasteiger partial charge in [-0.15, -0.1) is 0 Å². The van der Waals surface area contributed by atoms with Crippen molar-refractivity contribution in [2.45, 2.75) is 13.5 Å². The van der Waals surface area contributed by atoms with Gasteiger partial charge in [-0.2, -0.15) is 0 Å². The number of hydrogen-bond acceptors (Lipinski definition) is 5. The number of carbonyl (C=O) groups is 1. The molecular formula is C23H24F2N4O3. The highest BCUT2D eigenvalue weighted by Gasteiger charge is 2.22. The average Bonchev–Trinajstić information content (AvgIpc) is 3.25. The zero-order chi connectivity index (χ0) is 22.7. The summed E-state index contributed by atoms with van der Waals surface area (Å²) >= 11 is 0. The van der Waals surface area contributed by atoms with Crippen molar-refractivity contribution in [3.8, 4) is 17.1 Å². The molecule has 0 unspecified atom stereocenters. The highest BCUT2D eigenvalue weighted by atomic mass is 19.1. The van der Waals surface area contributed by atoms with E-state index in [1.54, 1.807) is 25.1 Å². The van der Waals surface area contributed by atoms with Gasteiger partial charge < -0.3 is 24.3 Å². The Labute approximate surface area is 184 Å². The van der Waals surface area contributed by atoms with Crippen LogP contribution in [0.25, 0.3) is 11.3 Å². The number of nitrogens with one attached hydrogen (secondary N) is 1. The van der Waals surface area contributed by atoms with E-state index in [0.29, 0.717) is 43.6 Å². The first-order valence-corrected chi connectivity index (χ1v) is 10.3. The van der Waals surface area contributed by atoms with Crippen molar-refractivity contribution in [2.75, 3.05) is 38.2 Å². The normalized spacial score (nSPS) is 13.9. The monoisotopic (exact) mass is 442 g/mol. The standard InChI is InChI=1S/C23H24F2N4O3/c1-15-26-14-22(32-15)19-5-4-18(12-21(19)31-2)28-7-9-29(10-8-28)23(30)27-13-16-11-17(24)3-6-20(16)25/h3-6,11-12,14H,7-10,13H2,1-2H3,(H,27,30). The second-order valence-corrected chi connectivity index (χ2v) is 7.50. The number of nitrogens with zero attached hydrogens (tertiary/aromatic N) is 3. The van der Waals surface area contributed by atoms with E-state index in [0.717, 1.165) is 29.4 Å². The molecule has 1 N–H and O–H groups in total. The molecule has 1 saturated heterocycles. The SMILES string of the molecule is COc1cc(N2CCN(C(=O)NCc3cc(F)ccc3F)CC2)ccc1-c1cnc(C)o1. The summed E-state index contributed by atoms with van der Waals surface area (Å²) in [6.45, 7) is 3.99. The van der Waals surface area contributed by atoms with Gasteiger partial charge in [-0.25, -0.2) is 18.6 Å². The average molecular weight is 442 g/mol. The topological polar surface area (TPSA) is 70.8 Å². The van der Waals surface area contributed by atoms with Crippen LogP contribution in [0.5, 0.6) is 5.75 Å². The summed E-state index contributed by atoms with van der Waals surface area (Å²) in [6.07, 6.45) is 1.67. The van der Waals surface area contributed by atoms with Gasteiger partial charge in [0.15, 0.2) is 11.7 Å². The zero-order valence-corrected chi connectivity index (χ0v) is 17.9. The summed E-state index contributed by atoms with van der Waals surface area (Å²) in [7, 11) is 1.61. The lowest BCUT2D eigenvalue weighted by Crippen LogP contribution is -2.51. The van der Waals surface area contributed by atoms with Crippen molar-refractivity contribution >= 4 is 11.7 Å². The first-order chi connectivity index (χ1) is 15.4. The minimum atomic E-state index is -0.547. The lowest BCUT2D eigenvalue weighted by Gasteiger charge is -2.36. The summed E-state index contributed by atoms with van der Waals surface area (Å²) in [5.41, 5.74) is 1.91. The molecule has 32 heavy (non-hydrogen) atoms. The molecule has 2 amide bonds. The van der Waals surface area contributed by atoms with Crippen LogP contribution in [0.1, 0.15) is 11.5 Å². The lowest BCUT2D eigenvalue weighted by atomic mass is 10.1. The van der Waals surface area contributed by atoms with Crippen LogP contribution in [0.15, 0.2) is 47.0 Å². The van der Waals surface area contributed by atoms with E-state index in [4.69, 9.17) is 9.15 Å². The molecule has 7 nitrogen and oxygen atoms in total. The van der Waals surface area contributed by atoms with Crippen LogP contribution in [0, 0.1) is 18.6 Å². The number of urea groups is 1. The molecule has 168 valence electrons. The maximum Gasteiger partial charge on any atom is 0.317 e. The Bertz CT molecular complexity index is 1110. The van der Waals surface area contributed by atoms with Gasteiger partial charge in [-0.1, -0.05) is 0 Å². The number of ether oxygens (including phenoxy) is 1. The molecule has 0 aliphatic carbocycles. The molecule has 0 saturated carbocycles. The van der Waals surface area contributed by atoms with Crippen LogP contribution in [-0.2, 0) is 6.54 Å². The van der Waals surface area contributed by atoms with Crippen molar-refractivity contribution in [1.82, 2.24) is 15.2 Å². The second-order valence-electron chi connectivity index (χ2n) is 7.50. The maximum atomic E-state index is 13.7. The van der Waals surface area contributed by atoms with Gasteiger partial charge in [0.25, 0.3) is 0 Å². The van der Waals surface area contributed by atoms with E-state index < -0.39 is 11.6 Å². The van der Waals surface area contributed by atoms with E-state index in [-0.39, 0.29) is 18.1 Å². The fourth-order valence-corrected chi connectivity index (χ4v) is 3.70. The number of piperazine rings is 1. The number of hydrogen-bond donors (Lipinski definition) is 1. The smallest absolute Gasteiger partial charge is 0.317 e. The lowest BCUT2D eigenvalue weighted by molar-refractivity contribution is 0.194. The summed E-state index contributed by atoms with van der Waals surface area (Å²) in [6, 6.07) is 8.74. The van der Waals surface area contributed by atoms with Crippen molar-refractivity contribution in [1.29, 1.82) is 0 Å². The van der Waals surface area contributed by atoms with Crippen LogP contribution in [0.4, 0.5) is 19.3 Å². The fourth-order valence-electron chi connectivity index (χ4n) is 3.70. The van der Waals surface area contributed by atoms with Gasteiger partial charge in [0.05, 0.1) is 18.9 Å². The van der Waals surface area contributed by atoms with Crippen molar-refractivity contribution in [2.24, 2.45) is 0 Å². The molecule has 1 aliphatic heterocycles. The predicted octanol–water partition coefficient (Wildman–Crippen LogP) is 3.97. The Kier molecular flexibility index (Phi) is 6.25. The fraction of sp³-hybridized carbons (Fsp3) is 0.304. The number of anilines is 1. The number of halogens is 2. The summed E-state index contributed by atoms with van der Waals surface area (Å²) in [5.74, 6) is 0.817. The quantitative estimate of drug-likeness (QED) is 0.648. The summed E-state index contributed by atoms with van der Waals surface area (Å²) < 4.78 is 38.2. The number of benzene rings is 2. The molecule has 0 bridgehead atoms. The van der Waals surface area contributed by atoms with Gasteiger partial charge in [-0.05, 0) is 30.3 Å². The molecule has 0 spiro atoms. The minimum absolute atomic E-state index is 0.0671. The third-order valence-electron chi connectivity index (χ3n) is 5.44. The molecule has 1 aromatic heterocycles. The Balaban J connectivity index is 1.36. The molecule has 0 atom stereocenters. The highest BCUT2D eigenvalue weighted by molar-refractivity contribution is 5.75. The van der Waals surface area contributed by atoms with Crippen molar-refractivity contribution in [3.05, 3.63) is 65.7 Å². The zero-order valence-electron chi connectivity index (χ0n) is 17.9. The number of oxazole rings is 1. The summed E-state index contributed by atoms with van der Waals surface area (Å²) in [5, 5.41) is 2.66. The first kappa shape index (κ1) is 21.6. The van der Waals surface area contributed by atoms with E-state index in [2.05, 4.69) is 15.2 Å². The Morgan fingerprint density at radius 1 is 1.16 bits per heavy atom. The van der Waals surface area contributed by atoms with Gasteiger partial charge >= 0.3 is 6.03 Å². The van der Waals surface area contributed by atoms with Crippen LogP contribution in [-0.4, -0.2) is 49.2 Å². The highest BCUT2D eigenvalue weighted by Crippen LogP contribution is 2.34. The van der Waals surface area contributed by atoms with Crippen LogP contribution in [0.2, 0.25) is 0 Å². The van der Waals surface area contributed by atoms with E-state index >= 15 is 0 Å². The molecule has 0 radical (unpaired) electrons. The van der Waals surface area contributed by atoms with Crippen molar-refractivity contribution < 1.29 is 22.7 Å². The van der Waals surface area contributed by atoms with Gasteiger partial charge in [0.2, 0.25) is 0 Å². The number of rotatable bonds is 5. The molecule has 2 aromatic carbocycles. The first-order valence-electron chi connectivity index (χ1n) is 10.3. The molecule has 4 rings (SSSR count). The molecule has 2 heterocycles. The predicted molar refractivity (Wildman–Crippen MR) is 116 cm³/mol. The Morgan fingerprint density at radius 2 is 1.94 bits per heavy atom. The van der Waals surface area contributed by atoms with Gasteiger partial charge in [0, 0.05) is 57.0 Å². The number of aromatic nitrogens is 1. The maximum absolute atomic E-state index is 13.7. The van der Waals surface area contributed by atoms with Crippen molar-refractivity contribution in [3.63, 3.8) is 0 Å². The number of aryl methyl sites for hydroxylation is 1. The molecular weight excluding hydrogens is 418 g/mol. The van der Waals surface area contributed by atoms with Gasteiger partial charge in [-0.3, -0.25) is 0 Å². The molecule has 1 aliphatic rings. The third kappa shape index (κ3) is 4.66. The van der Waals surface area contributed by atoms with E-state index in [9.17, 15) is 13.6 Å². The third-order valence-corrected chi connectivity index (χ3v) is 5.44. The number of carbonyl (C=O) groups excluding carboxylic acids is 1. The van der Waals surface area contributed by atoms with Crippen LogP contribution in [0.3, 0.4) is 0 Å². The van der Waals surface area contributed by atoms with Crippen LogP contribution >= 0.6 is 0 Å². The molecule has 3 aromatic rings. The molecule has 9 heteroatoms. The Hall–Kier alpha value is -3.62. The summed E-state index contributed by atoms with van der Waals surface area (Å²) in [4.78, 5) is 20.4. The van der Waals surface area contributed by atoms with Crippen LogP contribution < -0.4 is 15.0 Å². The van der Waals surface area contributed by atoms with Gasteiger partial charge in [0.1, 0.15) is 17.4 Å². The van der Waals surface area contributed by atoms with E-state index in [1.807, 2.05) is 18.2 Å². The molecule has 1 fully saturated rings. The minimum Gasteiger partial charge on any atom is -0.496 e. The largest absolute Gasteiger partial charge is 0.496 e. The Morgan fingerprint density at radius 3 is 2.62 bits per heavy atom. The van der Waals surface area contributed by atoms with E-state index in [1.165, 1.54) is 0 Å².